The summed E-state index contributed by atoms with van der Waals surface area (Å²) in [5.41, 5.74) is 12.0. The molecule has 9 aromatic carbocycles. The van der Waals surface area contributed by atoms with Crippen LogP contribution >= 0.6 is 22.7 Å². The molecule has 0 saturated carbocycles. The Hall–Kier alpha value is -6.98. The van der Waals surface area contributed by atoms with Gasteiger partial charge in [-0.05, 0) is 70.8 Å². The van der Waals surface area contributed by atoms with Crippen molar-refractivity contribution in [1.82, 2.24) is 4.57 Å². The second-order valence-electron chi connectivity index (χ2n) is 14.8. The van der Waals surface area contributed by atoms with Crippen LogP contribution in [0.15, 0.2) is 206 Å². The molecule has 0 aliphatic heterocycles. The molecule has 3 heterocycles. The van der Waals surface area contributed by atoms with Crippen LogP contribution in [0.25, 0.3) is 90.1 Å². The molecule has 0 aliphatic rings. The molecule has 4 heteroatoms. The Balaban J connectivity index is 1.23. The Morgan fingerprint density at radius 3 is 1.66 bits per heavy atom. The molecule has 12 rings (SSSR count). The third-order valence-corrected chi connectivity index (χ3v) is 14.1. The van der Waals surface area contributed by atoms with E-state index in [0.29, 0.717) is 0 Å². The number of fused-ring (bicyclic) bond motifs is 9. The van der Waals surface area contributed by atoms with Gasteiger partial charge in [-0.2, -0.15) is 0 Å². The maximum absolute atomic E-state index is 2.58. The molecular formula is C54H34N2S2. The predicted octanol–water partition coefficient (Wildman–Crippen LogP) is 16.3. The van der Waals surface area contributed by atoms with Crippen LogP contribution in [0.2, 0.25) is 0 Å². The fourth-order valence-electron chi connectivity index (χ4n) is 9.10. The van der Waals surface area contributed by atoms with Crippen LogP contribution in [0.4, 0.5) is 17.1 Å². The summed E-state index contributed by atoms with van der Waals surface area (Å²) in [4.78, 5) is 2.58. The van der Waals surface area contributed by atoms with Gasteiger partial charge in [-0.3, -0.25) is 0 Å². The van der Waals surface area contributed by atoms with Gasteiger partial charge in [-0.1, -0.05) is 158 Å². The zero-order valence-corrected chi connectivity index (χ0v) is 33.0. The number of benzene rings is 9. The van der Waals surface area contributed by atoms with E-state index in [1.165, 1.54) is 95.8 Å². The maximum Gasteiger partial charge on any atom is 0.0640 e. The Bertz CT molecular complexity index is 3490. The monoisotopic (exact) mass is 774 g/mol. The molecule has 3 aromatic heterocycles. The number of thiophene rings is 2. The Kier molecular flexibility index (Phi) is 7.62. The van der Waals surface area contributed by atoms with Crippen molar-refractivity contribution in [2.75, 3.05) is 4.90 Å². The number of anilines is 3. The third-order valence-electron chi connectivity index (χ3n) is 11.6. The van der Waals surface area contributed by atoms with Gasteiger partial charge in [0.2, 0.25) is 0 Å². The molecule has 0 fully saturated rings. The highest BCUT2D eigenvalue weighted by Gasteiger charge is 2.27. The SMILES string of the molecule is c1ccc(-c2cccc3c2sc2c(N(c4ccc(-c5ccccc5)c5sc6ccccc6c45)c4cccc5c4c4ccccc4n5-c4ccccc4)cccc23)cc1. The van der Waals surface area contributed by atoms with Crippen molar-refractivity contribution in [1.29, 1.82) is 0 Å². The van der Waals surface area contributed by atoms with Crippen LogP contribution in [0.3, 0.4) is 0 Å². The number of rotatable bonds is 6. The molecule has 0 spiro atoms. The van der Waals surface area contributed by atoms with E-state index in [1.54, 1.807) is 0 Å². The summed E-state index contributed by atoms with van der Waals surface area (Å²) in [5, 5.41) is 7.55. The number of nitrogens with zero attached hydrogens (tertiary/aromatic N) is 2. The van der Waals surface area contributed by atoms with E-state index in [9.17, 15) is 0 Å². The number of aromatic nitrogens is 1. The van der Waals surface area contributed by atoms with Crippen LogP contribution in [0.1, 0.15) is 0 Å². The summed E-state index contributed by atoms with van der Waals surface area (Å²) in [5.74, 6) is 0. The van der Waals surface area contributed by atoms with Crippen molar-refractivity contribution < 1.29 is 0 Å². The number of hydrogen-bond donors (Lipinski definition) is 0. The molecule has 12 aromatic rings. The molecule has 58 heavy (non-hydrogen) atoms. The van der Waals surface area contributed by atoms with Gasteiger partial charge in [0, 0.05) is 52.1 Å². The first-order chi connectivity index (χ1) is 28.8. The van der Waals surface area contributed by atoms with Crippen molar-refractivity contribution in [3.05, 3.63) is 206 Å². The minimum absolute atomic E-state index is 1.15. The summed E-state index contributed by atoms with van der Waals surface area (Å²) >= 11 is 3.80. The largest absolute Gasteiger partial charge is 0.309 e. The minimum Gasteiger partial charge on any atom is -0.309 e. The highest BCUT2D eigenvalue weighted by atomic mass is 32.1. The number of para-hydroxylation sites is 2. The highest BCUT2D eigenvalue weighted by Crippen LogP contribution is 2.53. The van der Waals surface area contributed by atoms with Crippen molar-refractivity contribution in [2.24, 2.45) is 0 Å². The van der Waals surface area contributed by atoms with E-state index in [1.807, 2.05) is 22.7 Å². The van der Waals surface area contributed by atoms with Gasteiger partial charge in [0.25, 0.3) is 0 Å². The summed E-state index contributed by atoms with van der Waals surface area (Å²) in [6, 6.07) is 75.5. The van der Waals surface area contributed by atoms with E-state index in [2.05, 4.69) is 216 Å². The first kappa shape index (κ1) is 33.2. The lowest BCUT2D eigenvalue weighted by atomic mass is 9.99. The van der Waals surface area contributed by atoms with Crippen LogP contribution in [0.5, 0.6) is 0 Å². The Morgan fingerprint density at radius 2 is 0.879 bits per heavy atom. The van der Waals surface area contributed by atoms with Gasteiger partial charge >= 0.3 is 0 Å². The summed E-state index contributed by atoms with van der Waals surface area (Å²) in [6.07, 6.45) is 0. The second-order valence-corrected chi connectivity index (χ2v) is 16.9. The van der Waals surface area contributed by atoms with E-state index >= 15 is 0 Å². The van der Waals surface area contributed by atoms with Crippen molar-refractivity contribution >= 4 is 102 Å². The molecule has 0 atom stereocenters. The van der Waals surface area contributed by atoms with E-state index in [-0.39, 0.29) is 0 Å². The molecule has 0 bridgehead atoms. The lowest BCUT2D eigenvalue weighted by Crippen LogP contribution is -2.11. The molecule has 0 amide bonds. The zero-order chi connectivity index (χ0) is 38.2. The van der Waals surface area contributed by atoms with Gasteiger partial charge < -0.3 is 9.47 Å². The molecule has 0 aliphatic carbocycles. The lowest BCUT2D eigenvalue weighted by molar-refractivity contribution is 1.18. The fourth-order valence-corrected chi connectivity index (χ4v) is 11.7. The standard InChI is InChI=1S/C54H34N2S2/c1-4-17-35(18-5-1)38-25-14-26-40-41-27-15-31-48(53(41)58-52(38)40)56(46-30-16-29-45-50(46)42-23-10-12-28-44(42)55(45)37-21-8-3-9-22-37)47-34-33-39(36-19-6-2-7-20-36)54-51(47)43-24-11-13-32-49(43)57-54/h1-34H. The average molecular weight is 775 g/mol. The quantitative estimate of drug-likeness (QED) is 0.163. The second kappa shape index (κ2) is 13.3. The summed E-state index contributed by atoms with van der Waals surface area (Å²) in [6.45, 7) is 0. The van der Waals surface area contributed by atoms with Crippen LogP contribution in [-0.4, -0.2) is 4.57 Å². The average Bonchev–Trinajstić information content (AvgIpc) is 3.98. The fraction of sp³-hybridized carbons (Fsp3) is 0. The summed E-state index contributed by atoms with van der Waals surface area (Å²) < 4.78 is 7.58. The zero-order valence-electron chi connectivity index (χ0n) is 31.3. The van der Waals surface area contributed by atoms with Crippen molar-refractivity contribution in [3.8, 4) is 27.9 Å². The normalized spacial score (nSPS) is 11.8. The van der Waals surface area contributed by atoms with Crippen LogP contribution in [0, 0.1) is 0 Å². The maximum atomic E-state index is 2.58. The summed E-state index contributed by atoms with van der Waals surface area (Å²) in [7, 11) is 0. The first-order valence-corrected chi connectivity index (χ1v) is 21.3. The van der Waals surface area contributed by atoms with Gasteiger partial charge in [0.15, 0.2) is 0 Å². The van der Waals surface area contributed by atoms with Gasteiger partial charge in [0.05, 0.1) is 32.8 Å². The van der Waals surface area contributed by atoms with E-state index in [4.69, 9.17) is 0 Å². The third kappa shape index (κ3) is 5.02. The molecule has 0 N–H and O–H groups in total. The molecular weight excluding hydrogens is 741 g/mol. The molecule has 0 saturated heterocycles. The van der Waals surface area contributed by atoms with Crippen molar-refractivity contribution in [2.45, 2.75) is 0 Å². The minimum atomic E-state index is 1.15. The first-order valence-electron chi connectivity index (χ1n) is 19.7. The highest BCUT2D eigenvalue weighted by molar-refractivity contribution is 7.27. The van der Waals surface area contributed by atoms with Gasteiger partial charge in [-0.15, -0.1) is 22.7 Å². The number of hydrogen-bond acceptors (Lipinski definition) is 3. The van der Waals surface area contributed by atoms with Gasteiger partial charge in [0.1, 0.15) is 0 Å². The lowest BCUT2D eigenvalue weighted by Gasteiger charge is -2.28. The van der Waals surface area contributed by atoms with Crippen LogP contribution in [-0.2, 0) is 0 Å². The van der Waals surface area contributed by atoms with Crippen molar-refractivity contribution in [3.63, 3.8) is 0 Å². The molecule has 272 valence electrons. The van der Waals surface area contributed by atoms with E-state index < -0.39 is 0 Å². The topological polar surface area (TPSA) is 8.17 Å². The Labute approximate surface area is 343 Å². The van der Waals surface area contributed by atoms with E-state index in [0.717, 1.165) is 11.4 Å². The smallest absolute Gasteiger partial charge is 0.0640 e. The molecule has 0 radical (unpaired) electrons. The molecule has 2 nitrogen and oxygen atoms in total. The Morgan fingerprint density at radius 1 is 0.328 bits per heavy atom. The molecule has 0 unspecified atom stereocenters. The predicted molar refractivity (Wildman–Crippen MR) is 252 cm³/mol. The van der Waals surface area contributed by atoms with Gasteiger partial charge in [-0.25, -0.2) is 0 Å². The van der Waals surface area contributed by atoms with Crippen LogP contribution < -0.4 is 4.90 Å².